The van der Waals surface area contributed by atoms with Gasteiger partial charge >= 0.3 is 11.7 Å². The van der Waals surface area contributed by atoms with Gasteiger partial charge in [0.1, 0.15) is 12.4 Å². The van der Waals surface area contributed by atoms with E-state index < -0.39 is 5.97 Å². The number of aromatic nitrogens is 5. The summed E-state index contributed by atoms with van der Waals surface area (Å²) in [6, 6.07) is 11.5. The van der Waals surface area contributed by atoms with Gasteiger partial charge in [-0.3, -0.25) is 0 Å². The molecule has 3 heterocycles. The second-order valence-corrected chi connectivity index (χ2v) is 10.2. The largest absolute Gasteiger partial charge is 0.454 e. The maximum Gasteiger partial charge on any atom is 0.347 e. The summed E-state index contributed by atoms with van der Waals surface area (Å²) < 4.78 is 9.47. The summed E-state index contributed by atoms with van der Waals surface area (Å²) in [6.07, 6.45) is 9.15. The van der Waals surface area contributed by atoms with Crippen molar-refractivity contribution < 1.29 is 9.53 Å². The molecular weight excluding hydrogens is 418 g/mol. The van der Waals surface area contributed by atoms with Crippen LogP contribution < -0.4 is 5.69 Å². The Bertz CT molecular complexity index is 1430. The minimum atomic E-state index is -0.478. The fraction of sp³-hybridized carbons (Fsp3) is 0.440. The van der Waals surface area contributed by atoms with Crippen LogP contribution in [0.5, 0.6) is 0 Å². The van der Waals surface area contributed by atoms with Gasteiger partial charge in [-0.2, -0.15) is 5.10 Å². The number of nitrogens with one attached hydrogen (secondary N) is 1. The van der Waals surface area contributed by atoms with Crippen molar-refractivity contribution in [2.75, 3.05) is 0 Å². The van der Waals surface area contributed by atoms with E-state index in [1.165, 1.54) is 49.1 Å². The van der Waals surface area contributed by atoms with Crippen LogP contribution in [0.1, 0.15) is 54.7 Å². The lowest BCUT2D eigenvalue weighted by molar-refractivity contribution is -0.0440. The molecule has 4 aliphatic carbocycles. The first kappa shape index (κ1) is 19.1. The number of pyridine rings is 1. The van der Waals surface area contributed by atoms with Gasteiger partial charge in [0.25, 0.3) is 0 Å². The Hall–Kier alpha value is -3.42. The Morgan fingerprint density at radius 1 is 1.06 bits per heavy atom. The van der Waals surface area contributed by atoms with Crippen LogP contribution in [0.4, 0.5) is 0 Å². The Labute approximate surface area is 189 Å². The van der Waals surface area contributed by atoms with E-state index in [0.717, 1.165) is 34.6 Å². The van der Waals surface area contributed by atoms with Crippen molar-refractivity contribution in [1.29, 1.82) is 0 Å². The van der Waals surface area contributed by atoms with Gasteiger partial charge in [-0.15, -0.1) is 0 Å². The third kappa shape index (κ3) is 2.89. The van der Waals surface area contributed by atoms with Gasteiger partial charge in [-0.05, 0) is 80.5 Å². The number of H-pyrrole nitrogens is 1. The molecule has 0 amide bonds. The van der Waals surface area contributed by atoms with E-state index in [2.05, 4.69) is 26.9 Å². The number of para-hydroxylation sites is 2. The van der Waals surface area contributed by atoms with E-state index in [-0.39, 0.29) is 17.8 Å². The first-order valence-corrected chi connectivity index (χ1v) is 11.8. The first-order chi connectivity index (χ1) is 16.1. The number of esters is 1. The zero-order valence-corrected chi connectivity index (χ0v) is 18.2. The van der Waals surface area contributed by atoms with E-state index in [9.17, 15) is 9.59 Å². The van der Waals surface area contributed by atoms with Crippen molar-refractivity contribution in [1.82, 2.24) is 24.1 Å². The average molecular weight is 444 g/mol. The van der Waals surface area contributed by atoms with Crippen LogP contribution in [0.2, 0.25) is 0 Å². The van der Waals surface area contributed by atoms with Gasteiger partial charge in [0.2, 0.25) is 0 Å². The number of carbonyl (C=O) groups is 1. The lowest BCUT2D eigenvalue weighted by Crippen LogP contribution is -2.52. The molecule has 0 radical (unpaired) electrons. The van der Waals surface area contributed by atoms with Gasteiger partial charge in [0, 0.05) is 11.7 Å². The van der Waals surface area contributed by atoms with E-state index in [4.69, 9.17) is 9.72 Å². The van der Waals surface area contributed by atoms with Gasteiger partial charge in [-0.25, -0.2) is 24.1 Å². The summed E-state index contributed by atoms with van der Waals surface area (Å²) in [5.41, 5.74) is 2.55. The normalized spacial score (nSPS) is 28.1. The number of benzene rings is 1. The molecule has 4 fully saturated rings. The molecule has 8 heteroatoms. The molecule has 0 saturated heterocycles. The summed E-state index contributed by atoms with van der Waals surface area (Å²) in [5.74, 6) is 2.73. The molecule has 8 nitrogen and oxygen atoms in total. The van der Waals surface area contributed by atoms with Crippen LogP contribution in [0.3, 0.4) is 0 Å². The summed E-state index contributed by atoms with van der Waals surface area (Å²) in [5, 5.41) is 6.28. The number of hydrogen-bond acceptors (Lipinski definition) is 5. The summed E-state index contributed by atoms with van der Waals surface area (Å²) in [4.78, 5) is 29.6. The number of carbonyl (C=O) groups excluding carboxylic acids is 1. The van der Waals surface area contributed by atoms with Gasteiger partial charge in [0.15, 0.2) is 5.65 Å². The SMILES string of the molecule is O=C(OCc1nc2ccccc2n1C12CC3CC(CC(C3)C1)C2)c1ccc2n[nH]c(=O)n2c1. The molecule has 4 saturated carbocycles. The topological polar surface area (TPSA) is 94.3 Å². The molecule has 8 rings (SSSR count). The Morgan fingerprint density at radius 3 is 2.55 bits per heavy atom. The van der Waals surface area contributed by atoms with Gasteiger partial charge in [0.05, 0.1) is 16.6 Å². The maximum absolute atomic E-state index is 12.9. The molecule has 0 atom stereocenters. The molecule has 168 valence electrons. The molecule has 4 aliphatic rings. The van der Waals surface area contributed by atoms with Gasteiger partial charge < -0.3 is 9.30 Å². The minimum Gasteiger partial charge on any atom is -0.454 e. The van der Waals surface area contributed by atoms with E-state index in [1.54, 1.807) is 12.1 Å². The van der Waals surface area contributed by atoms with Crippen LogP contribution in [0.25, 0.3) is 16.7 Å². The number of imidazole rings is 1. The Kier molecular flexibility index (Phi) is 3.93. The predicted molar refractivity (Wildman–Crippen MR) is 121 cm³/mol. The number of aromatic amines is 1. The van der Waals surface area contributed by atoms with Crippen LogP contribution in [-0.2, 0) is 16.9 Å². The smallest absolute Gasteiger partial charge is 0.347 e. The van der Waals surface area contributed by atoms with E-state index in [0.29, 0.717) is 11.2 Å². The molecule has 0 aliphatic heterocycles. The predicted octanol–water partition coefficient (Wildman–Crippen LogP) is 3.65. The van der Waals surface area contributed by atoms with Crippen LogP contribution in [0.15, 0.2) is 47.4 Å². The maximum atomic E-state index is 12.9. The highest BCUT2D eigenvalue weighted by molar-refractivity contribution is 5.89. The molecule has 1 N–H and O–H groups in total. The fourth-order valence-electron chi connectivity index (χ4n) is 7.28. The lowest BCUT2D eigenvalue weighted by Gasteiger charge is -2.57. The summed E-state index contributed by atoms with van der Waals surface area (Å²) in [6.45, 7) is 0.105. The fourth-order valence-corrected chi connectivity index (χ4v) is 7.28. The van der Waals surface area contributed by atoms with Crippen molar-refractivity contribution in [3.05, 3.63) is 64.5 Å². The Balaban J connectivity index is 1.24. The summed E-state index contributed by atoms with van der Waals surface area (Å²) >= 11 is 0. The molecule has 4 bridgehead atoms. The average Bonchev–Trinajstić information content (AvgIpc) is 3.37. The quantitative estimate of drug-likeness (QED) is 0.486. The number of nitrogens with zero attached hydrogens (tertiary/aromatic N) is 4. The first-order valence-electron chi connectivity index (χ1n) is 11.8. The van der Waals surface area contributed by atoms with Crippen molar-refractivity contribution in [2.24, 2.45) is 17.8 Å². The minimum absolute atomic E-state index is 0.0790. The molecule has 4 aromatic rings. The van der Waals surface area contributed by atoms with Crippen LogP contribution >= 0.6 is 0 Å². The van der Waals surface area contributed by atoms with Crippen LogP contribution in [0, 0.1) is 17.8 Å². The second-order valence-electron chi connectivity index (χ2n) is 10.2. The zero-order chi connectivity index (χ0) is 22.2. The number of fused-ring (bicyclic) bond motifs is 2. The molecule has 33 heavy (non-hydrogen) atoms. The van der Waals surface area contributed by atoms with Crippen molar-refractivity contribution in [3.8, 4) is 0 Å². The van der Waals surface area contributed by atoms with Gasteiger partial charge in [-0.1, -0.05) is 12.1 Å². The highest BCUT2D eigenvalue weighted by Gasteiger charge is 2.52. The van der Waals surface area contributed by atoms with Crippen LogP contribution in [-0.4, -0.2) is 30.1 Å². The summed E-state index contributed by atoms with van der Waals surface area (Å²) in [7, 11) is 0. The number of rotatable bonds is 4. The number of hydrogen-bond donors (Lipinski definition) is 1. The molecule has 1 aromatic carbocycles. The standard InChI is InChI=1S/C25H25N5O3/c31-23(18-5-6-21-27-28-24(32)29(21)13-18)33-14-22-26-19-3-1-2-4-20(19)30(22)25-10-15-7-16(11-25)9-17(8-15)12-25/h1-6,13,15-17H,7-12,14H2,(H,28,32). The van der Waals surface area contributed by atoms with Crippen molar-refractivity contribution >= 4 is 22.6 Å². The Morgan fingerprint density at radius 2 is 1.79 bits per heavy atom. The third-order valence-corrected chi connectivity index (χ3v) is 8.09. The van der Waals surface area contributed by atoms with Crippen molar-refractivity contribution in [2.45, 2.75) is 50.7 Å². The molecule has 3 aromatic heterocycles. The monoisotopic (exact) mass is 443 g/mol. The number of ether oxygens (including phenoxy) is 1. The highest BCUT2D eigenvalue weighted by atomic mass is 16.5. The second kappa shape index (κ2) is 6.79. The van der Waals surface area contributed by atoms with E-state index in [1.807, 2.05) is 12.1 Å². The lowest BCUT2D eigenvalue weighted by atomic mass is 9.53. The molecule has 0 unspecified atom stereocenters. The molecule has 0 spiro atoms. The van der Waals surface area contributed by atoms with E-state index >= 15 is 0 Å². The highest BCUT2D eigenvalue weighted by Crippen LogP contribution is 2.59. The molecular formula is C25H25N5O3. The zero-order valence-electron chi connectivity index (χ0n) is 18.2. The third-order valence-electron chi connectivity index (χ3n) is 8.09. The van der Waals surface area contributed by atoms with Crippen molar-refractivity contribution in [3.63, 3.8) is 0 Å².